The van der Waals surface area contributed by atoms with E-state index in [1.165, 1.54) is 6.07 Å². The van der Waals surface area contributed by atoms with Crippen molar-refractivity contribution < 1.29 is 9.13 Å². The minimum Gasteiger partial charge on any atom is -0.476 e. The van der Waals surface area contributed by atoms with E-state index in [2.05, 4.69) is 4.98 Å². The molecule has 0 aromatic carbocycles. The topological polar surface area (TPSA) is 25.4 Å². The van der Waals surface area contributed by atoms with Crippen LogP contribution in [0.15, 0.2) is 18.2 Å². The fourth-order valence-electron chi connectivity index (χ4n) is 0.803. The number of hydrogen-bond acceptors (Lipinski definition) is 3. The zero-order valence-electron chi connectivity index (χ0n) is 7.83. The van der Waals surface area contributed by atoms with Gasteiger partial charge in [-0.05, 0) is 20.2 Å². The minimum atomic E-state index is -0.512. The van der Waals surface area contributed by atoms with Crippen molar-refractivity contribution in [3.63, 3.8) is 0 Å². The molecule has 4 heteroatoms. The number of pyridine rings is 1. The van der Waals surface area contributed by atoms with Gasteiger partial charge in [0.15, 0.2) is 0 Å². The summed E-state index contributed by atoms with van der Waals surface area (Å²) in [5, 5.41) is 0. The van der Waals surface area contributed by atoms with Gasteiger partial charge in [-0.1, -0.05) is 6.07 Å². The zero-order chi connectivity index (χ0) is 9.68. The van der Waals surface area contributed by atoms with Crippen molar-refractivity contribution in [2.24, 2.45) is 0 Å². The largest absolute Gasteiger partial charge is 0.476 e. The predicted octanol–water partition coefficient (Wildman–Crippen LogP) is 1.16. The van der Waals surface area contributed by atoms with Crippen molar-refractivity contribution >= 4 is 0 Å². The van der Waals surface area contributed by atoms with Crippen LogP contribution in [0.2, 0.25) is 0 Å². The number of halogens is 1. The number of ether oxygens (including phenoxy) is 1. The molecule has 0 atom stereocenters. The summed E-state index contributed by atoms with van der Waals surface area (Å²) in [7, 11) is 3.89. The number of likely N-dealkylation sites (N-methyl/N-ethyl adjacent to an activating group) is 1. The maximum absolute atomic E-state index is 12.6. The third kappa shape index (κ3) is 3.85. The zero-order valence-corrected chi connectivity index (χ0v) is 7.83. The molecular formula is C9H13FN2O. The molecule has 1 aromatic rings. The van der Waals surface area contributed by atoms with Gasteiger partial charge in [0.2, 0.25) is 11.8 Å². The van der Waals surface area contributed by atoms with Crippen LogP contribution in [0.4, 0.5) is 4.39 Å². The lowest BCUT2D eigenvalue weighted by atomic mass is 10.5. The van der Waals surface area contributed by atoms with Crippen molar-refractivity contribution in [3.05, 3.63) is 24.1 Å². The van der Waals surface area contributed by atoms with Gasteiger partial charge in [0.1, 0.15) is 6.61 Å². The highest BCUT2D eigenvalue weighted by Gasteiger charge is 1.97. The predicted molar refractivity (Wildman–Crippen MR) is 48.2 cm³/mol. The Bertz CT molecular complexity index is 266. The fraction of sp³-hybridized carbons (Fsp3) is 0.444. The molecule has 0 spiro atoms. The lowest BCUT2D eigenvalue weighted by Crippen LogP contribution is -2.19. The van der Waals surface area contributed by atoms with Crippen molar-refractivity contribution in [3.8, 4) is 5.88 Å². The summed E-state index contributed by atoms with van der Waals surface area (Å²) in [5.41, 5.74) is 0. The third-order valence-electron chi connectivity index (χ3n) is 1.48. The fourth-order valence-corrected chi connectivity index (χ4v) is 0.803. The van der Waals surface area contributed by atoms with E-state index in [1.54, 1.807) is 12.1 Å². The van der Waals surface area contributed by atoms with Gasteiger partial charge in [-0.3, -0.25) is 0 Å². The quantitative estimate of drug-likeness (QED) is 0.656. The highest BCUT2D eigenvalue weighted by atomic mass is 19.1. The monoisotopic (exact) mass is 184 g/mol. The van der Waals surface area contributed by atoms with E-state index in [9.17, 15) is 4.39 Å². The first kappa shape index (κ1) is 9.92. The van der Waals surface area contributed by atoms with Crippen LogP contribution in [0.25, 0.3) is 0 Å². The molecule has 0 aliphatic heterocycles. The van der Waals surface area contributed by atoms with Gasteiger partial charge in [-0.2, -0.15) is 9.37 Å². The minimum absolute atomic E-state index is 0.335. The molecule has 0 bridgehead atoms. The van der Waals surface area contributed by atoms with Crippen LogP contribution in [-0.4, -0.2) is 37.1 Å². The first-order valence-corrected chi connectivity index (χ1v) is 4.08. The third-order valence-corrected chi connectivity index (χ3v) is 1.48. The molecule has 1 rings (SSSR count). The maximum atomic E-state index is 12.6. The van der Waals surface area contributed by atoms with Gasteiger partial charge in [0.05, 0.1) is 0 Å². The van der Waals surface area contributed by atoms with E-state index in [-0.39, 0.29) is 0 Å². The van der Waals surface area contributed by atoms with Crippen LogP contribution >= 0.6 is 0 Å². The Hall–Kier alpha value is -1.16. The summed E-state index contributed by atoms with van der Waals surface area (Å²) >= 11 is 0. The first-order chi connectivity index (χ1) is 6.18. The lowest BCUT2D eigenvalue weighted by molar-refractivity contribution is 0.251. The van der Waals surface area contributed by atoms with Gasteiger partial charge in [-0.25, -0.2) is 0 Å². The molecule has 0 aliphatic rings. The molecule has 1 aromatic heterocycles. The summed E-state index contributed by atoms with van der Waals surface area (Å²) in [6.45, 7) is 1.31. The van der Waals surface area contributed by atoms with Crippen LogP contribution in [-0.2, 0) is 0 Å². The number of hydrogen-bond donors (Lipinski definition) is 0. The van der Waals surface area contributed by atoms with E-state index in [0.29, 0.717) is 12.5 Å². The average Bonchev–Trinajstić information content (AvgIpc) is 2.03. The molecule has 0 unspecified atom stereocenters. The van der Waals surface area contributed by atoms with Crippen molar-refractivity contribution in [2.75, 3.05) is 27.2 Å². The van der Waals surface area contributed by atoms with E-state index >= 15 is 0 Å². The van der Waals surface area contributed by atoms with E-state index < -0.39 is 5.95 Å². The Morgan fingerprint density at radius 2 is 2.23 bits per heavy atom. The molecule has 3 nitrogen and oxygen atoms in total. The SMILES string of the molecule is CN(C)CCOc1cccc(F)n1. The van der Waals surface area contributed by atoms with Crippen LogP contribution in [0, 0.1) is 5.95 Å². The Labute approximate surface area is 77.1 Å². The number of aromatic nitrogens is 1. The standard InChI is InChI=1S/C9H13FN2O/c1-12(2)6-7-13-9-5-3-4-8(10)11-9/h3-5H,6-7H2,1-2H3. The highest BCUT2D eigenvalue weighted by molar-refractivity contribution is 5.10. The molecule has 0 N–H and O–H groups in total. The lowest BCUT2D eigenvalue weighted by Gasteiger charge is -2.09. The summed E-state index contributed by atoms with van der Waals surface area (Å²) < 4.78 is 17.8. The first-order valence-electron chi connectivity index (χ1n) is 4.08. The molecule has 0 amide bonds. The van der Waals surface area contributed by atoms with E-state index in [1.807, 2.05) is 19.0 Å². The smallest absolute Gasteiger partial charge is 0.216 e. The van der Waals surface area contributed by atoms with Crippen LogP contribution < -0.4 is 4.74 Å². The molecule has 0 radical (unpaired) electrons. The Morgan fingerprint density at radius 3 is 2.85 bits per heavy atom. The molecule has 0 fully saturated rings. The molecular weight excluding hydrogens is 171 g/mol. The average molecular weight is 184 g/mol. The number of rotatable bonds is 4. The molecule has 0 aliphatic carbocycles. The Balaban J connectivity index is 2.37. The Kier molecular flexibility index (Phi) is 3.64. The molecule has 0 saturated carbocycles. The van der Waals surface area contributed by atoms with Gasteiger partial charge >= 0.3 is 0 Å². The van der Waals surface area contributed by atoms with Crippen LogP contribution in [0.3, 0.4) is 0 Å². The van der Waals surface area contributed by atoms with Crippen LogP contribution in [0.5, 0.6) is 5.88 Å². The highest BCUT2D eigenvalue weighted by Crippen LogP contribution is 2.05. The molecule has 1 heterocycles. The van der Waals surface area contributed by atoms with Crippen molar-refractivity contribution in [1.29, 1.82) is 0 Å². The second kappa shape index (κ2) is 4.77. The van der Waals surface area contributed by atoms with Gasteiger partial charge in [0.25, 0.3) is 0 Å². The molecule has 0 saturated heterocycles. The Morgan fingerprint density at radius 1 is 1.46 bits per heavy atom. The second-order valence-electron chi connectivity index (χ2n) is 2.95. The van der Waals surface area contributed by atoms with Gasteiger partial charge < -0.3 is 9.64 Å². The summed E-state index contributed by atoms with van der Waals surface area (Å²) in [6.07, 6.45) is 0. The summed E-state index contributed by atoms with van der Waals surface area (Å²) in [5.74, 6) is -0.177. The van der Waals surface area contributed by atoms with Gasteiger partial charge in [-0.15, -0.1) is 0 Å². The molecule has 72 valence electrons. The van der Waals surface area contributed by atoms with Crippen LogP contribution in [0.1, 0.15) is 0 Å². The van der Waals surface area contributed by atoms with Gasteiger partial charge in [0, 0.05) is 12.6 Å². The summed E-state index contributed by atoms with van der Waals surface area (Å²) in [6, 6.07) is 4.50. The second-order valence-corrected chi connectivity index (χ2v) is 2.95. The van der Waals surface area contributed by atoms with E-state index in [4.69, 9.17) is 4.74 Å². The maximum Gasteiger partial charge on any atom is 0.216 e. The molecule has 13 heavy (non-hydrogen) atoms. The van der Waals surface area contributed by atoms with Crippen molar-refractivity contribution in [2.45, 2.75) is 0 Å². The van der Waals surface area contributed by atoms with E-state index in [0.717, 1.165) is 6.54 Å². The van der Waals surface area contributed by atoms with Crippen molar-refractivity contribution in [1.82, 2.24) is 9.88 Å². The number of nitrogens with zero attached hydrogens (tertiary/aromatic N) is 2. The normalized spacial score (nSPS) is 10.5. The summed E-state index contributed by atoms with van der Waals surface area (Å²) in [4.78, 5) is 5.55.